The van der Waals surface area contributed by atoms with Crippen molar-refractivity contribution in [3.8, 4) is 0 Å². The Morgan fingerprint density at radius 1 is 1.47 bits per heavy atom. The molecule has 2 atom stereocenters. The van der Waals surface area contributed by atoms with Crippen LogP contribution in [-0.2, 0) is 0 Å². The molecule has 1 aromatic rings. The van der Waals surface area contributed by atoms with E-state index in [1.165, 1.54) is 6.07 Å². The first-order valence-corrected chi connectivity index (χ1v) is 6.46. The van der Waals surface area contributed by atoms with Gasteiger partial charge in [0.2, 0.25) is 0 Å². The molecule has 17 heavy (non-hydrogen) atoms. The van der Waals surface area contributed by atoms with E-state index in [0.717, 1.165) is 31.6 Å². The van der Waals surface area contributed by atoms with Gasteiger partial charge in [0.15, 0.2) is 0 Å². The fourth-order valence-electron chi connectivity index (χ4n) is 2.68. The first kappa shape index (κ1) is 12.4. The molecular formula is C14H21FN2. The van der Waals surface area contributed by atoms with E-state index in [1.54, 1.807) is 12.1 Å². The maximum atomic E-state index is 13.2. The van der Waals surface area contributed by atoms with Crippen LogP contribution in [0.15, 0.2) is 24.3 Å². The first-order chi connectivity index (χ1) is 8.20. The smallest absolute Gasteiger partial charge is 0.125 e. The number of piperidine rings is 1. The van der Waals surface area contributed by atoms with Crippen LogP contribution in [0.2, 0.25) is 0 Å². The van der Waals surface area contributed by atoms with Crippen LogP contribution in [0.25, 0.3) is 0 Å². The van der Waals surface area contributed by atoms with Gasteiger partial charge in [-0.15, -0.1) is 0 Å². The summed E-state index contributed by atoms with van der Waals surface area (Å²) in [6, 6.07) is 7.99. The summed E-state index contributed by atoms with van der Waals surface area (Å²) < 4.78 is 13.2. The van der Waals surface area contributed by atoms with Crippen LogP contribution in [-0.4, -0.2) is 25.2 Å². The second-order valence-corrected chi connectivity index (χ2v) is 4.80. The van der Waals surface area contributed by atoms with Crippen molar-refractivity contribution in [2.45, 2.75) is 38.8 Å². The highest BCUT2D eigenvalue weighted by Crippen LogP contribution is 2.25. The Morgan fingerprint density at radius 2 is 2.29 bits per heavy atom. The van der Waals surface area contributed by atoms with Crippen molar-refractivity contribution in [2.24, 2.45) is 0 Å². The molecule has 2 unspecified atom stereocenters. The van der Waals surface area contributed by atoms with E-state index >= 15 is 0 Å². The van der Waals surface area contributed by atoms with E-state index in [4.69, 9.17) is 0 Å². The number of hydrogen-bond donors (Lipinski definition) is 1. The Hall–Kier alpha value is -1.09. The molecule has 0 aromatic heterocycles. The number of hydrogen-bond acceptors (Lipinski definition) is 2. The van der Waals surface area contributed by atoms with Crippen LogP contribution >= 0.6 is 0 Å². The fraction of sp³-hybridized carbons (Fsp3) is 0.571. The quantitative estimate of drug-likeness (QED) is 0.868. The Balaban J connectivity index is 2.04. The molecule has 2 nitrogen and oxygen atoms in total. The van der Waals surface area contributed by atoms with Gasteiger partial charge in [0, 0.05) is 24.3 Å². The molecule has 1 fully saturated rings. The van der Waals surface area contributed by atoms with E-state index in [1.807, 2.05) is 6.07 Å². The van der Waals surface area contributed by atoms with Gasteiger partial charge in [0.1, 0.15) is 5.82 Å². The van der Waals surface area contributed by atoms with Gasteiger partial charge in [-0.25, -0.2) is 4.39 Å². The third-order valence-electron chi connectivity index (χ3n) is 3.51. The predicted molar refractivity (Wildman–Crippen MR) is 69.9 cm³/mol. The van der Waals surface area contributed by atoms with Gasteiger partial charge in [-0.3, -0.25) is 0 Å². The van der Waals surface area contributed by atoms with Crippen molar-refractivity contribution in [1.29, 1.82) is 0 Å². The summed E-state index contributed by atoms with van der Waals surface area (Å²) in [5, 5.41) is 3.50. The topological polar surface area (TPSA) is 15.3 Å². The van der Waals surface area contributed by atoms with Crippen LogP contribution in [0, 0.1) is 5.82 Å². The van der Waals surface area contributed by atoms with Crippen molar-refractivity contribution in [1.82, 2.24) is 5.32 Å². The molecule has 1 saturated heterocycles. The second kappa shape index (κ2) is 5.50. The minimum atomic E-state index is -0.150. The normalized spacial score (nSPS) is 25.0. The molecule has 1 aliphatic rings. The van der Waals surface area contributed by atoms with Gasteiger partial charge < -0.3 is 10.2 Å². The number of nitrogens with zero attached hydrogens (tertiary/aromatic N) is 1. The van der Waals surface area contributed by atoms with Crippen molar-refractivity contribution in [3.63, 3.8) is 0 Å². The molecule has 1 N–H and O–H groups in total. The molecule has 0 saturated carbocycles. The molecule has 0 bridgehead atoms. The standard InChI is InChI=1S/C14H21FN2/c1-3-16-13-7-8-17(11(2)9-13)14-6-4-5-12(15)10-14/h4-6,10-11,13,16H,3,7-9H2,1-2H3. The Labute approximate surface area is 103 Å². The maximum Gasteiger partial charge on any atom is 0.125 e. The Kier molecular flexibility index (Phi) is 4.00. The highest BCUT2D eigenvalue weighted by Gasteiger charge is 2.24. The summed E-state index contributed by atoms with van der Waals surface area (Å²) in [7, 11) is 0. The zero-order valence-corrected chi connectivity index (χ0v) is 10.6. The van der Waals surface area contributed by atoms with E-state index in [0.29, 0.717) is 12.1 Å². The highest BCUT2D eigenvalue weighted by atomic mass is 19.1. The largest absolute Gasteiger partial charge is 0.369 e. The monoisotopic (exact) mass is 236 g/mol. The molecule has 3 heteroatoms. The molecule has 1 heterocycles. The van der Waals surface area contributed by atoms with Crippen molar-refractivity contribution in [3.05, 3.63) is 30.1 Å². The van der Waals surface area contributed by atoms with E-state index in [9.17, 15) is 4.39 Å². The highest BCUT2D eigenvalue weighted by molar-refractivity contribution is 5.47. The minimum absolute atomic E-state index is 0.150. The van der Waals surface area contributed by atoms with Crippen molar-refractivity contribution in [2.75, 3.05) is 18.0 Å². The van der Waals surface area contributed by atoms with Crippen LogP contribution in [0.5, 0.6) is 0 Å². The SMILES string of the molecule is CCNC1CCN(c2cccc(F)c2)C(C)C1. The molecule has 0 radical (unpaired) electrons. The second-order valence-electron chi connectivity index (χ2n) is 4.80. The maximum absolute atomic E-state index is 13.2. The number of anilines is 1. The lowest BCUT2D eigenvalue weighted by atomic mass is 9.97. The minimum Gasteiger partial charge on any atom is -0.369 e. The van der Waals surface area contributed by atoms with Crippen LogP contribution < -0.4 is 10.2 Å². The van der Waals surface area contributed by atoms with E-state index < -0.39 is 0 Å². The summed E-state index contributed by atoms with van der Waals surface area (Å²) in [6.45, 7) is 6.39. The van der Waals surface area contributed by atoms with E-state index in [-0.39, 0.29) is 5.82 Å². The third kappa shape index (κ3) is 2.97. The molecule has 0 spiro atoms. The summed E-state index contributed by atoms with van der Waals surface area (Å²) in [5.74, 6) is -0.150. The van der Waals surface area contributed by atoms with Gasteiger partial charge in [-0.05, 0) is 44.5 Å². The van der Waals surface area contributed by atoms with Crippen LogP contribution in [0.4, 0.5) is 10.1 Å². The molecule has 94 valence electrons. The molecule has 2 rings (SSSR count). The number of benzene rings is 1. The summed E-state index contributed by atoms with van der Waals surface area (Å²) in [5.41, 5.74) is 1.01. The molecule has 1 aromatic carbocycles. The average molecular weight is 236 g/mol. The summed E-state index contributed by atoms with van der Waals surface area (Å²) >= 11 is 0. The lowest BCUT2D eigenvalue weighted by Gasteiger charge is -2.39. The van der Waals surface area contributed by atoms with Gasteiger partial charge in [-0.1, -0.05) is 13.0 Å². The molecule has 1 aliphatic heterocycles. The lowest BCUT2D eigenvalue weighted by molar-refractivity contribution is 0.374. The van der Waals surface area contributed by atoms with Crippen LogP contribution in [0.3, 0.4) is 0 Å². The third-order valence-corrected chi connectivity index (χ3v) is 3.51. The number of halogens is 1. The van der Waals surface area contributed by atoms with Gasteiger partial charge in [-0.2, -0.15) is 0 Å². The predicted octanol–water partition coefficient (Wildman–Crippen LogP) is 2.79. The van der Waals surface area contributed by atoms with E-state index in [2.05, 4.69) is 24.1 Å². The summed E-state index contributed by atoms with van der Waals surface area (Å²) in [6.07, 6.45) is 2.26. The van der Waals surface area contributed by atoms with Gasteiger partial charge >= 0.3 is 0 Å². The molecular weight excluding hydrogens is 215 g/mol. The first-order valence-electron chi connectivity index (χ1n) is 6.46. The molecule has 0 amide bonds. The number of nitrogens with one attached hydrogen (secondary N) is 1. The Morgan fingerprint density at radius 3 is 2.94 bits per heavy atom. The van der Waals surface area contributed by atoms with Crippen molar-refractivity contribution < 1.29 is 4.39 Å². The van der Waals surface area contributed by atoms with Gasteiger partial charge in [0.25, 0.3) is 0 Å². The zero-order chi connectivity index (χ0) is 12.3. The average Bonchev–Trinajstić information content (AvgIpc) is 2.29. The zero-order valence-electron chi connectivity index (χ0n) is 10.6. The summed E-state index contributed by atoms with van der Waals surface area (Å²) in [4.78, 5) is 2.30. The number of rotatable bonds is 3. The Bertz CT molecular complexity index is 367. The van der Waals surface area contributed by atoms with Crippen LogP contribution in [0.1, 0.15) is 26.7 Å². The fourth-order valence-corrected chi connectivity index (χ4v) is 2.68. The molecule has 0 aliphatic carbocycles. The van der Waals surface area contributed by atoms with Gasteiger partial charge in [0.05, 0.1) is 0 Å². The lowest BCUT2D eigenvalue weighted by Crippen LogP contribution is -2.47. The van der Waals surface area contributed by atoms with Crippen molar-refractivity contribution >= 4 is 5.69 Å².